The summed E-state index contributed by atoms with van der Waals surface area (Å²) < 4.78 is 1.92. The highest BCUT2D eigenvalue weighted by Gasteiger charge is 2.13. The number of nitrogens with zero attached hydrogens (tertiary/aromatic N) is 3. The molecule has 1 aromatic carbocycles. The Morgan fingerprint density at radius 2 is 2.20 bits per heavy atom. The fraction of sp³-hybridized carbons (Fsp3) is 0.273. The molecule has 2 rings (SSSR count). The van der Waals surface area contributed by atoms with Crippen molar-refractivity contribution < 1.29 is 0 Å². The average Bonchev–Trinajstić information content (AvgIpc) is 2.63. The molecule has 0 saturated heterocycles. The van der Waals surface area contributed by atoms with Gasteiger partial charge in [-0.05, 0) is 17.7 Å². The Bertz CT molecular complexity index is 461. The van der Waals surface area contributed by atoms with Gasteiger partial charge in [0.15, 0.2) is 0 Å². The maximum atomic E-state index is 5.74. The Labute approximate surface area is 88.8 Å². The lowest BCUT2D eigenvalue weighted by molar-refractivity contribution is 0.737. The minimum absolute atomic E-state index is 0.209. The smallest absolute Gasteiger partial charge is 0.139 e. The first-order valence-electron chi connectivity index (χ1n) is 4.88. The van der Waals surface area contributed by atoms with E-state index in [1.165, 1.54) is 0 Å². The summed E-state index contributed by atoms with van der Waals surface area (Å²) in [6, 6.07) is 7.86. The fourth-order valence-electron chi connectivity index (χ4n) is 1.66. The van der Waals surface area contributed by atoms with E-state index in [1.54, 1.807) is 6.33 Å². The summed E-state index contributed by atoms with van der Waals surface area (Å²) in [5.41, 5.74) is 7.68. The lowest BCUT2D eigenvalue weighted by Crippen LogP contribution is -2.04. The van der Waals surface area contributed by atoms with Crippen molar-refractivity contribution in [2.45, 2.75) is 12.8 Å². The number of hydrogen-bond donors (Lipinski definition) is 1. The molecule has 0 radical (unpaired) electrons. The van der Waals surface area contributed by atoms with Crippen molar-refractivity contribution in [2.24, 2.45) is 7.05 Å². The van der Waals surface area contributed by atoms with Crippen molar-refractivity contribution in [3.8, 4) is 0 Å². The normalized spacial score (nSPS) is 12.7. The lowest BCUT2D eigenvalue weighted by atomic mass is 10.00. The van der Waals surface area contributed by atoms with E-state index in [2.05, 4.69) is 23.2 Å². The van der Waals surface area contributed by atoms with Crippen LogP contribution in [0.3, 0.4) is 0 Å². The van der Waals surface area contributed by atoms with Crippen LogP contribution in [0.25, 0.3) is 0 Å². The Kier molecular flexibility index (Phi) is 2.41. The number of anilines is 1. The van der Waals surface area contributed by atoms with Crippen LogP contribution in [0.2, 0.25) is 0 Å². The molecule has 4 nitrogen and oxygen atoms in total. The Morgan fingerprint density at radius 3 is 2.80 bits per heavy atom. The van der Waals surface area contributed by atoms with Gasteiger partial charge >= 0.3 is 0 Å². The summed E-state index contributed by atoms with van der Waals surface area (Å²) in [7, 11) is 1.94. The first-order chi connectivity index (χ1) is 7.18. The maximum absolute atomic E-state index is 5.74. The van der Waals surface area contributed by atoms with Gasteiger partial charge < -0.3 is 10.3 Å². The Morgan fingerprint density at radius 1 is 1.40 bits per heavy atom. The van der Waals surface area contributed by atoms with E-state index in [1.807, 2.05) is 29.8 Å². The molecule has 0 aliphatic heterocycles. The highest BCUT2D eigenvalue weighted by atomic mass is 15.2. The molecule has 4 heteroatoms. The van der Waals surface area contributed by atoms with Crippen molar-refractivity contribution in [3.05, 3.63) is 42.0 Å². The van der Waals surface area contributed by atoms with E-state index in [4.69, 9.17) is 5.73 Å². The molecule has 0 spiro atoms. The Balaban J connectivity index is 2.36. The molecule has 2 aromatic rings. The van der Waals surface area contributed by atoms with Crippen molar-refractivity contribution in [2.75, 3.05) is 5.73 Å². The molecule has 78 valence electrons. The van der Waals surface area contributed by atoms with E-state index < -0.39 is 0 Å². The molecule has 1 atom stereocenters. The molecule has 0 amide bonds. The predicted molar refractivity (Wildman–Crippen MR) is 59.4 cm³/mol. The highest BCUT2D eigenvalue weighted by molar-refractivity contribution is 5.42. The minimum atomic E-state index is 0.209. The number of rotatable bonds is 2. The summed E-state index contributed by atoms with van der Waals surface area (Å²) in [6.45, 7) is 2.10. The van der Waals surface area contributed by atoms with Gasteiger partial charge in [0.05, 0.1) is 0 Å². The third-order valence-corrected chi connectivity index (χ3v) is 2.54. The first-order valence-corrected chi connectivity index (χ1v) is 4.88. The van der Waals surface area contributed by atoms with Crippen LogP contribution in [0.5, 0.6) is 0 Å². The topological polar surface area (TPSA) is 56.7 Å². The van der Waals surface area contributed by atoms with E-state index in [9.17, 15) is 0 Å². The Hall–Kier alpha value is -1.84. The summed E-state index contributed by atoms with van der Waals surface area (Å²) >= 11 is 0. The van der Waals surface area contributed by atoms with Crippen molar-refractivity contribution in [1.29, 1.82) is 0 Å². The zero-order valence-corrected chi connectivity index (χ0v) is 8.88. The van der Waals surface area contributed by atoms with Gasteiger partial charge in [-0.25, -0.2) is 0 Å². The fourth-order valence-corrected chi connectivity index (χ4v) is 1.66. The zero-order chi connectivity index (χ0) is 10.8. The van der Waals surface area contributed by atoms with Crippen molar-refractivity contribution in [1.82, 2.24) is 14.8 Å². The molecular weight excluding hydrogens is 188 g/mol. The van der Waals surface area contributed by atoms with Crippen molar-refractivity contribution in [3.63, 3.8) is 0 Å². The van der Waals surface area contributed by atoms with Crippen LogP contribution < -0.4 is 5.73 Å². The molecule has 0 bridgehead atoms. The van der Waals surface area contributed by atoms with Crippen LogP contribution in [-0.4, -0.2) is 14.8 Å². The van der Waals surface area contributed by atoms with Crippen LogP contribution in [0.15, 0.2) is 30.6 Å². The summed E-state index contributed by atoms with van der Waals surface area (Å²) in [6.07, 6.45) is 1.71. The van der Waals surface area contributed by atoms with Gasteiger partial charge in [-0.1, -0.05) is 19.1 Å². The maximum Gasteiger partial charge on any atom is 0.139 e. The molecule has 2 N–H and O–H groups in total. The van der Waals surface area contributed by atoms with Crippen LogP contribution in [-0.2, 0) is 7.05 Å². The lowest BCUT2D eigenvalue weighted by Gasteiger charge is -2.11. The number of aromatic nitrogens is 3. The molecule has 1 aromatic heterocycles. The number of nitrogen functional groups attached to an aromatic ring is 1. The summed E-state index contributed by atoms with van der Waals surface area (Å²) in [5.74, 6) is 1.15. The molecular formula is C11H14N4. The first kappa shape index (κ1) is 9.71. The second-order valence-electron chi connectivity index (χ2n) is 3.69. The molecule has 0 saturated carbocycles. The zero-order valence-electron chi connectivity index (χ0n) is 8.88. The molecule has 1 heterocycles. The molecule has 0 fully saturated rings. The van der Waals surface area contributed by atoms with E-state index >= 15 is 0 Å². The van der Waals surface area contributed by atoms with E-state index in [0.717, 1.165) is 17.1 Å². The van der Waals surface area contributed by atoms with Gasteiger partial charge in [0.1, 0.15) is 12.2 Å². The summed E-state index contributed by atoms with van der Waals surface area (Å²) in [4.78, 5) is 0. The third-order valence-electron chi connectivity index (χ3n) is 2.54. The van der Waals surface area contributed by atoms with Gasteiger partial charge in [-0.15, -0.1) is 10.2 Å². The standard InChI is InChI=1S/C11H14N4/c1-8(11-14-13-7-15(11)2)9-4-3-5-10(12)6-9/h3-8H,12H2,1-2H3/t8-/m0/s1. The SMILES string of the molecule is C[C@@H](c1cccc(N)c1)c1nncn1C. The average molecular weight is 202 g/mol. The minimum Gasteiger partial charge on any atom is -0.399 e. The molecule has 0 aliphatic carbocycles. The largest absolute Gasteiger partial charge is 0.399 e. The number of hydrogen-bond acceptors (Lipinski definition) is 3. The van der Waals surface area contributed by atoms with Gasteiger partial charge in [0.25, 0.3) is 0 Å². The molecule has 0 unspecified atom stereocenters. The van der Waals surface area contributed by atoms with Crippen molar-refractivity contribution >= 4 is 5.69 Å². The number of aryl methyl sites for hydroxylation is 1. The molecule has 15 heavy (non-hydrogen) atoms. The van der Waals surface area contributed by atoms with Gasteiger partial charge in [-0.3, -0.25) is 0 Å². The monoisotopic (exact) mass is 202 g/mol. The quantitative estimate of drug-likeness (QED) is 0.752. The highest BCUT2D eigenvalue weighted by Crippen LogP contribution is 2.22. The van der Waals surface area contributed by atoms with E-state index in [-0.39, 0.29) is 5.92 Å². The van der Waals surface area contributed by atoms with Crippen LogP contribution in [0, 0.1) is 0 Å². The van der Waals surface area contributed by atoms with Gasteiger partial charge in [0, 0.05) is 18.7 Å². The summed E-state index contributed by atoms with van der Waals surface area (Å²) in [5, 5.41) is 7.97. The number of nitrogens with two attached hydrogens (primary N) is 1. The van der Waals surface area contributed by atoms with E-state index in [0.29, 0.717) is 0 Å². The van der Waals surface area contributed by atoms with Crippen LogP contribution in [0.1, 0.15) is 24.2 Å². The number of benzene rings is 1. The predicted octanol–water partition coefficient (Wildman–Crippen LogP) is 1.55. The van der Waals surface area contributed by atoms with Crippen LogP contribution in [0.4, 0.5) is 5.69 Å². The molecule has 0 aliphatic rings. The van der Waals surface area contributed by atoms with Gasteiger partial charge in [0.2, 0.25) is 0 Å². The third kappa shape index (κ3) is 1.83. The second-order valence-corrected chi connectivity index (χ2v) is 3.69. The second kappa shape index (κ2) is 3.73. The van der Waals surface area contributed by atoms with Crippen LogP contribution >= 0.6 is 0 Å². The van der Waals surface area contributed by atoms with Gasteiger partial charge in [-0.2, -0.15) is 0 Å².